The number of ether oxygens (including phenoxy) is 2. The van der Waals surface area contributed by atoms with E-state index in [1.165, 1.54) is 11.5 Å². The lowest BCUT2D eigenvalue weighted by molar-refractivity contribution is 0.404. The molecule has 2 aromatic rings. The van der Waals surface area contributed by atoms with Crippen LogP contribution in [-0.2, 0) is 0 Å². The quantitative estimate of drug-likeness (QED) is 0.801. The molecule has 0 fully saturated rings. The van der Waals surface area contributed by atoms with E-state index in [0.717, 1.165) is 25.9 Å². The zero-order valence-corrected chi connectivity index (χ0v) is 11.7. The van der Waals surface area contributed by atoms with E-state index in [4.69, 9.17) is 9.47 Å². The molecule has 6 heteroatoms. The van der Waals surface area contributed by atoms with Crippen LogP contribution in [0.5, 0.6) is 11.5 Å². The van der Waals surface area contributed by atoms with Crippen LogP contribution in [0.2, 0.25) is 0 Å². The van der Waals surface area contributed by atoms with Gasteiger partial charge < -0.3 is 9.47 Å². The molecule has 4 nitrogen and oxygen atoms in total. The highest BCUT2D eigenvalue weighted by atomic mass is 127. The van der Waals surface area contributed by atoms with Crippen molar-refractivity contribution >= 4 is 34.1 Å². The lowest BCUT2D eigenvalue weighted by Gasteiger charge is -2.07. The largest absolute Gasteiger partial charge is 0.497 e. The van der Waals surface area contributed by atoms with E-state index in [0.29, 0.717) is 0 Å². The molecule has 0 bridgehead atoms. The molecule has 0 saturated carbocycles. The number of nitrogens with zero attached hydrogens (tertiary/aromatic N) is 2. The van der Waals surface area contributed by atoms with Gasteiger partial charge in [0, 0.05) is 22.6 Å². The number of aromatic nitrogens is 2. The minimum Gasteiger partial charge on any atom is -0.497 e. The Bertz CT molecular complexity index is 501. The number of halogens is 1. The van der Waals surface area contributed by atoms with E-state index in [9.17, 15) is 0 Å². The number of hydrogen-bond acceptors (Lipinski definition) is 5. The van der Waals surface area contributed by atoms with Gasteiger partial charge in [0.15, 0.2) is 0 Å². The molecule has 16 heavy (non-hydrogen) atoms. The Labute approximate surface area is 111 Å². The van der Waals surface area contributed by atoms with Gasteiger partial charge in [-0.2, -0.15) is 4.37 Å². The van der Waals surface area contributed by atoms with E-state index < -0.39 is 0 Å². The molecular weight excluding hydrogens is 339 g/mol. The minimum atomic E-state index is 0.738. The number of rotatable bonds is 3. The summed E-state index contributed by atoms with van der Waals surface area (Å²) < 4.78 is 15.4. The van der Waals surface area contributed by atoms with E-state index in [2.05, 4.69) is 31.9 Å². The van der Waals surface area contributed by atoms with Crippen molar-refractivity contribution < 1.29 is 9.47 Å². The molecule has 0 saturated heterocycles. The first-order chi connectivity index (χ1) is 7.74. The first kappa shape index (κ1) is 11.6. The molecule has 1 heterocycles. The molecule has 0 aliphatic heterocycles. The Morgan fingerprint density at radius 3 is 2.62 bits per heavy atom. The van der Waals surface area contributed by atoms with Gasteiger partial charge in [0.2, 0.25) is 3.83 Å². The summed E-state index contributed by atoms with van der Waals surface area (Å²) in [4.78, 5) is 4.32. The molecule has 0 amide bonds. The van der Waals surface area contributed by atoms with E-state index in [-0.39, 0.29) is 0 Å². The van der Waals surface area contributed by atoms with Crippen LogP contribution in [0.1, 0.15) is 0 Å². The van der Waals surface area contributed by atoms with Crippen molar-refractivity contribution in [1.29, 1.82) is 0 Å². The normalized spacial score (nSPS) is 10.2. The summed E-state index contributed by atoms with van der Waals surface area (Å²) in [5.74, 6) is 1.55. The van der Waals surface area contributed by atoms with Crippen LogP contribution in [0, 0.1) is 3.83 Å². The zero-order chi connectivity index (χ0) is 11.5. The smallest absolute Gasteiger partial charge is 0.203 e. The fraction of sp³-hybridized carbons (Fsp3) is 0.200. The maximum atomic E-state index is 5.29. The molecule has 0 spiro atoms. The fourth-order valence-corrected chi connectivity index (χ4v) is 2.58. The van der Waals surface area contributed by atoms with Crippen molar-refractivity contribution in [2.45, 2.75) is 0 Å². The number of hydrogen-bond donors (Lipinski definition) is 0. The van der Waals surface area contributed by atoms with Crippen LogP contribution < -0.4 is 9.47 Å². The standard InChI is InChI=1S/C10H9IN2O2S/c1-14-6-3-4-8(15-2)7(5-6)9-12-10(11)13-16-9/h3-5H,1-2H3. The summed E-state index contributed by atoms with van der Waals surface area (Å²) in [6, 6.07) is 5.62. The first-order valence-electron chi connectivity index (χ1n) is 4.46. The van der Waals surface area contributed by atoms with Gasteiger partial charge in [-0.25, -0.2) is 4.98 Å². The van der Waals surface area contributed by atoms with Gasteiger partial charge in [0.1, 0.15) is 16.5 Å². The molecule has 2 rings (SSSR count). The van der Waals surface area contributed by atoms with Gasteiger partial charge >= 0.3 is 0 Å². The molecule has 1 aromatic heterocycles. The highest BCUT2D eigenvalue weighted by molar-refractivity contribution is 14.1. The number of benzene rings is 1. The predicted molar refractivity (Wildman–Crippen MR) is 71.2 cm³/mol. The molecule has 84 valence electrons. The summed E-state index contributed by atoms with van der Waals surface area (Å²) in [7, 11) is 3.27. The number of methoxy groups -OCH3 is 2. The average Bonchev–Trinajstić information content (AvgIpc) is 2.75. The summed E-state index contributed by atoms with van der Waals surface area (Å²) in [6.07, 6.45) is 0. The summed E-state index contributed by atoms with van der Waals surface area (Å²) in [5, 5.41) is 0.833. The fourth-order valence-electron chi connectivity index (χ4n) is 1.30. The predicted octanol–water partition coefficient (Wildman–Crippen LogP) is 2.83. The second-order valence-electron chi connectivity index (χ2n) is 2.93. The Morgan fingerprint density at radius 2 is 2.06 bits per heavy atom. The summed E-state index contributed by atoms with van der Waals surface area (Å²) >= 11 is 3.43. The van der Waals surface area contributed by atoms with Crippen LogP contribution in [0.3, 0.4) is 0 Å². The van der Waals surface area contributed by atoms with Crippen LogP contribution >= 0.6 is 34.1 Å². The molecule has 1 aromatic carbocycles. The third-order valence-electron chi connectivity index (χ3n) is 2.04. The molecular formula is C10H9IN2O2S. The maximum Gasteiger partial charge on any atom is 0.203 e. The third kappa shape index (κ3) is 2.27. The van der Waals surface area contributed by atoms with Crippen LogP contribution in [-0.4, -0.2) is 23.6 Å². The molecule has 0 radical (unpaired) electrons. The third-order valence-corrected chi connectivity index (χ3v) is 3.60. The van der Waals surface area contributed by atoms with E-state index >= 15 is 0 Å². The van der Waals surface area contributed by atoms with Crippen molar-refractivity contribution in [3.05, 3.63) is 22.0 Å². The highest BCUT2D eigenvalue weighted by Gasteiger charge is 2.11. The van der Waals surface area contributed by atoms with Gasteiger partial charge in [-0.3, -0.25) is 0 Å². The second-order valence-corrected chi connectivity index (χ2v) is 4.65. The van der Waals surface area contributed by atoms with Crippen molar-refractivity contribution in [2.24, 2.45) is 0 Å². The van der Waals surface area contributed by atoms with Crippen LogP contribution in [0.15, 0.2) is 18.2 Å². The van der Waals surface area contributed by atoms with Gasteiger partial charge in [0.05, 0.1) is 19.8 Å². The SMILES string of the molecule is COc1ccc(OC)c(-c2nc(I)ns2)c1. The van der Waals surface area contributed by atoms with E-state index in [1.807, 2.05) is 18.2 Å². The average molecular weight is 348 g/mol. The van der Waals surface area contributed by atoms with Crippen molar-refractivity contribution in [2.75, 3.05) is 14.2 Å². The van der Waals surface area contributed by atoms with Gasteiger partial charge in [-0.15, -0.1) is 0 Å². The maximum absolute atomic E-state index is 5.29. The highest BCUT2D eigenvalue weighted by Crippen LogP contribution is 2.34. The Morgan fingerprint density at radius 1 is 1.25 bits per heavy atom. The Hall–Kier alpha value is -0.890. The monoisotopic (exact) mass is 348 g/mol. The molecule has 0 N–H and O–H groups in total. The molecule has 0 unspecified atom stereocenters. The molecule has 0 atom stereocenters. The van der Waals surface area contributed by atoms with Crippen molar-refractivity contribution in [1.82, 2.24) is 9.36 Å². The first-order valence-corrected chi connectivity index (χ1v) is 6.31. The second kappa shape index (κ2) is 4.96. The minimum absolute atomic E-state index is 0.738. The van der Waals surface area contributed by atoms with Gasteiger partial charge in [-0.05, 0) is 29.7 Å². The Balaban J connectivity index is 2.52. The van der Waals surface area contributed by atoms with Crippen LogP contribution in [0.4, 0.5) is 0 Å². The van der Waals surface area contributed by atoms with Gasteiger partial charge in [-0.1, -0.05) is 0 Å². The lowest BCUT2D eigenvalue weighted by Crippen LogP contribution is -1.90. The van der Waals surface area contributed by atoms with Gasteiger partial charge in [0.25, 0.3) is 0 Å². The lowest BCUT2D eigenvalue weighted by atomic mass is 10.2. The zero-order valence-electron chi connectivity index (χ0n) is 8.73. The molecule has 0 aliphatic rings. The van der Waals surface area contributed by atoms with Crippen LogP contribution in [0.25, 0.3) is 10.6 Å². The summed E-state index contributed by atoms with van der Waals surface area (Å²) in [6.45, 7) is 0. The molecule has 0 aliphatic carbocycles. The van der Waals surface area contributed by atoms with Crippen molar-refractivity contribution in [3.8, 4) is 22.1 Å². The summed E-state index contributed by atoms with van der Waals surface area (Å²) in [5.41, 5.74) is 0.905. The van der Waals surface area contributed by atoms with Crippen molar-refractivity contribution in [3.63, 3.8) is 0 Å². The Kier molecular flexibility index (Phi) is 3.59. The van der Waals surface area contributed by atoms with E-state index in [1.54, 1.807) is 14.2 Å². The topological polar surface area (TPSA) is 44.2 Å².